The number of amides is 1. The van der Waals surface area contributed by atoms with Gasteiger partial charge in [-0.1, -0.05) is 23.7 Å². The van der Waals surface area contributed by atoms with E-state index in [1.807, 2.05) is 19.1 Å². The zero-order chi connectivity index (χ0) is 14.8. The molecule has 0 radical (unpaired) electrons. The molecule has 3 rings (SSSR count). The molecule has 1 aromatic heterocycles. The van der Waals surface area contributed by atoms with Crippen molar-refractivity contribution in [1.82, 2.24) is 10.3 Å². The van der Waals surface area contributed by atoms with Crippen LogP contribution in [-0.4, -0.2) is 10.9 Å². The topological polar surface area (TPSA) is 44.9 Å². The van der Waals surface area contributed by atoms with Crippen molar-refractivity contribution in [2.45, 2.75) is 13.5 Å². The van der Waals surface area contributed by atoms with Gasteiger partial charge in [-0.25, -0.2) is 0 Å². The number of hydrogen-bond acceptors (Lipinski definition) is 1. The van der Waals surface area contributed by atoms with Gasteiger partial charge in [-0.15, -0.1) is 0 Å². The second kappa shape index (κ2) is 5.62. The van der Waals surface area contributed by atoms with Gasteiger partial charge in [-0.3, -0.25) is 4.79 Å². The van der Waals surface area contributed by atoms with Gasteiger partial charge >= 0.3 is 0 Å². The van der Waals surface area contributed by atoms with Gasteiger partial charge in [-0.05, 0) is 54.3 Å². The smallest absolute Gasteiger partial charge is 0.251 e. The lowest BCUT2D eigenvalue weighted by atomic mass is 10.1. The van der Waals surface area contributed by atoms with E-state index in [4.69, 9.17) is 11.6 Å². The minimum atomic E-state index is -0.122. The first-order valence-electron chi connectivity index (χ1n) is 6.74. The Bertz CT molecular complexity index is 807. The van der Waals surface area contributed by atoms with Gasteiger partial charge in [0.2, 0.25) is 0 Å². The zero-order valence-electron chi connectivity index (χ0n) is 11.6. The monoisotopic (exact) mass is 298 g/mol. The van der Waals surface area contributed by atoms with Crippen LogP contribution in [0.1, 0.15) is 21.6 Å². The maximum atomic E-state index is 12.1. The summed E-state index contributed by atoms with van der Waals surface area (Å²) in [6.07, 6.45) is 0. The van der Waals surface area contributed by atoms with Crippen molar-refractivity contribution in [3.8, 4) is 0 Å². The minimum absolute atomic E-state index is 0.122. The number of hydrogen-bond donors (Lipinski definition) is 2. The number of aryl methyl sites for hydroxylation is 1. The number of aromatic nitrogens is 1. The predicted octanol–water partition coefficient (Wildman–Crippen LogP) is 4.06. The third kappa shape index (κ3) is 3.09. The molecule has 3 nitrogen and oxygen atoms in total. The number of fused-ring (bicyclic) bond motifs is 1. The van der Waals surface area contributed by atoms with Crippen molar-refractivity contribution >= 4 is 28.4 Å². The van der Waals surface area contributed by atoms with Crippen LogP contribution in [0.5, 0.6) is 0 Å². The summed E-state index contributed by atoms with van der Waals surface area (Å²) in [5, 5.41) is 4.62. The van der Waals surface area contributed by atoms with E-state index in [0.717, 1.165) is 22.2 Å². The largest absolute Gasteiger partial charge is 0.359 e. The number of nitrogens with one attached hydrogen (secondary N) is 2. The normalized spacial score (nSPS) is 10.8. The summed E-state index contributed by atoms with van der Waals surface area (Å²) in [5.74, 6) is -0.122. The molecule has 21 heavy (non-hydrogen) atoms. The highest BCUT2D eigenvalue weighted by Gasteiger charge is 2.06. The lowest BCUT2D eigenvalue weighted by Gasteiger charge is -2.06. The maximum absolute atomic E-state index is 12.1. The van der Waals surface area contributed by atoms with E-state index in [0.29, 0.717) is 17.1 Å². The van der Waals surface area contributed by atoms with E-state index in [1.165, 1.54) is 0 Å². The van der Waals surface area contributed by atoms with Gasteiger partial charge in [0.15, 0.2) is 0 Å². The number of H-pyrrole nitrogens is 1. The Labute approximate surface area is 127 Å². The van der Waals surface area contributed by atoms with E-state index in [9.17, 15) is 4.79 Å². The molecular formula is C17H15ClN2O. The molecule has 4 heteroatoms. The fraction of sp³-hybridized carbons (Fsp3) is 0.118. The number of halogens is 1. The molecule has 2 N–H and O–H groups in total. The standard InChI is InChI=1S/C17H15ClN2O/c1-11-7-14-8-12(5-6-16(14)20-11)10-19-17(21)13-3-2-4-15(18)9-13/h2-9,20H,10H2,1H3,(H,19,21). The quantitative estimate of drug-likeness (QED) is 0.752. The number of rotatable bonds is 3. The lowest BCUT2D eigenvalue weighted by molar-refractivity contribution is 0.0951. The Balaban J connectivity index is 1.72. The average molecular weight is 299 g/mol. The van der Waals surface area contributed by atoms with Crippen molar-refractivity contribution in [3.63, 3.8) is 0 Å². The summed E-state index contributed by atoms with van der Waals surface area (Å²) >= 11 is 5.89. The van der Waals surface area contributed by atoms with E-state index in [-0.39, 0.29) is 5.91 Å². The molecule has 0 aliphatic carbocycles. The Morgan fingerprint density at radius 1 is 1.19 bits per heavy atom. The number of carbonyl (C=O) groups is 1. The summed E-state index contributed by atoms with van der Waals surface area (Å²) in [5.41, 5.74) is 3.88. The Morgan fingerprint density at radius 2 is 2.05 bits per heavy atom. The van der Waals surface area contributed by atoms with E-state index >= 15 is 0 Å². The molecule has 0 saturated carbocycles. The molecule has 1 amide bonds. The second-order valence-corrected chi connectivity index (χ2v) is 5.50. The summed E-state index contributed by atoms with van der Waals surface area (Å²) in [4.78, 5) is 15.3. The Kier molecular flexibility index (Phi) is 3.67. The van der Waals surface area contributed by atoms with Gasteiger partial charge in [-0.2, -0.15) is 0 Å². The van der Waals surface area contributed by atoms with Gasteiger partial charge in [0.25, 0.3) is 5.91 Å². The van der Waals surface area contributed by atoms with E-state index in [1.54, 1.807) is 24.3 Å². The first-order chi connectivity index (χ1) is 10.1. The van der Waals surface area contributed by atoms with Crippen LogP contribution in [0, 0.1) is 6.92 Å². The SMILES string of the molecule is Cc1cc2cc(CNC(=O)c3cccc(Cl)c3)ccc2[nH]1. The number of aromatic amines is 1. The van der Waals surface area contributed by atoms with Gasteiger partial charge in [0.05, 0.1) is 0 Å². The summed E-state index contributed by atoms with van der Waals surface area (Å²) in [6, 6.07) is 15.1. The fourth-order valence-electron chi connectivity index (χ4n) is 2.35. The fourth-order valence-corrected chi connectivity index (χ4v) is 2.54. The van der Waals surface area contributed by atoms with Crippen LogP contribution >= 0.6 is 11.6 Å². The van der Waals surface area contributed by atoms with Crippen LogP contribution in [0.25, 0.3) is 10.9 Å². The van der Waals surface area contributed by atoms with Crippen LogP contribution in [0.3, 0.4) is 0 Å². The molecule has 3 aromatic rings. The highest BCUT2D eigenvalue weighted by molar-refractivity contribution is 6.30. The molecule has 0 aliphatic heterocycles. The minimum Gasteiger partial charge on any atom is -0.359 e. The third-order valence-electron chi connectivity index (χ3n) is 3.36. The average Bonchev–Trinajstić information content (AvgIpc) is 2.84. The van der Waals surface area contributed by atoms with Crippen molar-refractivity contribution in [3.05, 3.63) is 70.4 Å². The van der Waals surface area contributed by atoms with Crippen LogP contribution in [-0.2, 0) is 6.54 Å². The molecule has 0 saturated heterocycles. The van der Waals surface area contributed by atoms with Gasteiger partial charge in [0.1, 0.15) is 0 Å². The highest BCUT2D eigenvalue weighted by Crippen LogP contribution is 2.17. The predicted molar refractivity (Wildman–Crippen MR) is 85.7 cm³/mol. The first kappa shape index (κ1) is 13.7. The van der Waals surface area contributed by atoms with Crippen LogP contribution in [0.15, 0.2) is 48.5 Å². The number of carbonyl (C=O) groups excluding carboxylic acids is 1. The second-order valence-electron chi connectivity index (χ2n) is 5.07. The Morgan fingerprint density at radius 3 is 2.86 bits per heavy atom. The molecular weight excluding hydrogens is 284 g/mol. The van der Waals surface area contributed by atoms with Crippen molar-refractivity contribution in [2.75, 3.05) is 0 Å². The summed E-state index contributed by atoms with van der Waals surface area (Å²) in [7, 11) is 0. The maximum Gasteiger partial charge on any atom is 0.251 e. The molecule has 0 fully saturated rings. The van der Waals surface area contributed by atoms with E-state index < -0.39 is 0 Å². The Hall–Kier alpha value is -2.26. The number of benzene rings is 2. The molecule has 106 valence electrons. The zero-order valence-corrected chi connectivity index (χ0v) is 12.4. The summed E-state index contributed by atoms with van der Waals surface area (Å²) < 4.78 is 0. The van der Waals surface area contributed by atoms with Crippen LogP contribution in [0.4, 0.5) is 0 Å². The third-order valence-corrected chi connectivity index (χ3v) is 3.59. The molecule has 0 atom stereocenters. The van der Waals surface area contributed by atoms with Gasteiger partial charge in [0, 0.05) is 28.3 Å². The molecule has 2 aromatic carbocycles. The molecule has 0 aliphatic rings. The lowest BCUT2D eigenvalue weighted by Crippen LogP contribution is -2.22. The van der Waals surface area contributed by atoms with Crippen molar-refractivity contribution in [2.24, 2.45) is 0 Å². The molecule has 0 spiro atoms. The van der Waals surface area contributed by atoms with Gasteiger partial charge < -0.3 is 10.3 Å². The van der Waals surface area contributed by atoms with Crippen LogP contribution < -0.4 is 5.32 Å². The molecule has 1 heterocycles. The molecule has 0 bridgehead atoms. The van der Waals surface area contributed by atoms with E-state index in [2.05, 4.69) is 22.4 Å². The summed E-state index contributed by atoms with van der Waals surface area (Å²) in [6.45, 7) is 2.52. The first-order valence-corrected chi connectivity index (χ1v) is 7.11. The molecule has 0 unspecified atom stereocenters. The van der Waals surface area contributed by atoms with Crippen molar-refractivity contribution < 1.29 is 4.79 Å². The highest BCUT2D eigenvalue weighted by atomic mass is 35.5. The van der Waals surface area contributed by atoms with Crippen LogP contribution in [0.2, 0.25) is 5.02 Å². The van der Waals surface area contributed by atoms with Crippen molar-refractivity contribution in [1.29, 1.82) is 0 Å².